The number of nitrogens with zero attached hydrogens (tertiary/aromatic N) is 1. The van der Waals surface area contributed by atoms with Gasteiger partial charge >= 0.3 is 0 Å². The summed E-state index contributed by atoms with van der Waals surface area (Å²) in [7, 11) is 0. The molecule has 0 saturated heterocycles. The first-order chi connectivity index (χ1) is 7.16. The summed E-state index contributed by atoms with van der Waals surface area (Å²) in [6.45, 7) is 1.64. The van der Waals surface area contributed by atoms with Crippen molar-refractivity contribution in [3.63, 3.8) is 0 Å². The average Bonchev–Trinajstić information content (AvgIpc) is 2.66. The third kappa shape index (κ3) is 2.19. The van der Waals surface area contributed by atoms with E-state index in [9.17, 15) is 5.11 Å². The summed E-state index contributed by atoms with van der Waals surface area (Å²) in [5.41, 5.74) is 1.32. The monoisotopic (exact) mass is 223 g/mol. The Bertz CT molecular complexity index is 465. The molecule has 1 unspecified atom stereocenters. The van der Waals surface area contributed by atoms with E-state index >= 15 is 0 Å². The van der Waals surface area contributed by atoms with Gasteiger partial charge in [0, 0.05) is 10.6 Å². The molecule has 1 heterocycles. The van der Waals surface area contributed by atoms with Gasteiger partial charge in [-0.05, 0) is 25.1 Å². The van der Waals surface area contributed by atoms with Crippen LogP contribution in [0.4, 0.5) is 0 Å². The van der Waals surface area contributed by atoms with Gasteiger partial charge in [-0.2, -0.15) is 0 Å². The molecule has 0 spiro atoms. The summed E-state index contributed by atoms with van der Waals surface area (Å²) in [5, 5.41) is 9.92. The molecule has 4 heteroatoms. The Balaban J connectivity index is 2.37. The standard InChI is InChI=1S/C11H10ClNO2/c1-7(14)10-6-15-11(13-10)8-3-2-4-9(12)5-8/h2-7,14H,1H3. The number of halogens is 1. The highest BCUT2D eigenvalue weighted by Crippen LogP contribution is 2.23. The van der Waals surface area contributed by atoms with Gasteiger partial charge in [0.25, 0.3) is 0 Å². The van der Waals surface area contributed by atoms with Crippen LogP contribution in [0.1, 0.15) is 18.7 Å². The zero-order chi connectivity index (χ0) is 10.8. The second kappa shape index (κ2) is 4.04. The van der Waals surface area contributed by atoms with Gasteiger partial charge in [-0.25, -0.2) is 4.98 Å². The maximum atomic E-state index is 9.29. The molecule has 1 aromatic carbocycles. The lowest BCUT2D eigenvalue weighted by atomic mass is 10.2. The maximum Gasteiger partial charge on any atom is 0.226 e. The number of benzene rings is 1. The summed E-state index contributed by atoms with van der Waals surface area (Å²) in [4.78, 5) is 4.15. The molecule has 0 amide bonds. The Labute approximate surface area is 92.3 Å². The quantitative estimate of drug-likeness (QED) is 0.851. The van der Waals surface area contributed by atoms with E-state index in [1.165, 1.54) is 6.26 Å². The van der Waals surface area contributed by atoms with Crippen molar-refractivity contribution in [2.75, 3.05) is 0 Å². The van der Waals surface area contributed by atoms with Crippen molar-refractivity contribution < 1.29 is 9.52 Å². The maximum absolute atomic E-state index is 9.29. The van der Waals surface area contributed by atoms with Gasteiger partial charge in [0.1, 0.15) is 12.0 Å². The molecular weight excluding hydrogens is 214 g/mol. The molecule has 0 aliphatic rings. The van der Waals surface area contributed by atoms with Gasteiger partial charge in [0.15, 0.2) is 0 Å². The fourth-order valence-corrected chi connectivity index (χ4v) is 1.42. The SMILES string of the molecule is CC(O)c1coc(-c2cccc(Cl)c2)n1. The lowest BCUT2D eigenvalue weighted by Gasteiger charge is -1.96. The average molecular weight is 224 g/mol. The summed E-state index contributed by atoms with van der Waals surface area (Å²) in [5.74, 6) is 0.466. The Morgan fingerprint density at radius 2 is 2.27 bits per heavy atom. The van der Waals surface area contributed by atoms with E-state index in [0.717, 1.165) is 5.56 Å². The molecule has 0 saturated carbocycles. The van der Waals surface area contributed by atoms with Crippen LogP contribution in [0.15, 0.2) is 34.9 Å². The predicted molar refractivity (Wildman–Crippen MR) is 57.6 cm³/mol. The third-order valence-electron chi connectivity index (χ3n) is 2.02. The zero-order valence-corrected chi connectivity index (χ0v) is 8.90. The van der Waals surface area contributed by atoms with E-state index in [2.05, 4.69) is 4.98 Å². The molecule has 1 aromatic heterocycles. The molecular formula is C11H10ClNO2. The van der Waals surface area contributed by atoms with E-state index in [-0.39, 0.29) is 0 Å². The lowest BCUT2D eigenvalue weighted by molar-refractivity contribution is 0.194. The van der Waals surface area contributed by atoms with Gasteiger partial charge in [0.2, 0.25) is 5.89 Å². The fourth-order valence-electron chi connectivity index (χ4n) is 1.23. The van der Waals surface area contributed by atoms with Crippen molar-refractivity contribution in [2.24, 2.45) is 0 Å². The minimum absolute atomic E-state index is 0.466. The van der Waals surface area contributed by atoms with Gasteiger partial charge in [-0.3, -0.25) is 0 Å². The van der Waals surface area contributed by atoms with Crippen LogP contribution >= 0.6 is 11.6 Å². The molecule has 1 atom stereocenters. The van der Waals surface area contributed by atoms with Crippen molar-refractivity contribution in [3.05, 3.63) is 41.2 Å². The van der Waals surface area contributed by atoms with Crippen LogP contribution in [-0.2, 0) is 0 Å². The third-order valence-corrected chi connectivity index (χ3v) is 2.26. The van der Waals surface area contributed by atoms with E-state index < -0.39 is 6.10 Å². The number of rotatable bonds is 2. The lowest BCUT2D eigenvalue weighted by Crippen LogP contribution is -1.90. The molecule has 1 N–H and O–H groups in total. The van der Waals surface area contributed by atoms with Crippen LogP contribution in [-0.4, -0.2) is 10.1 Å². The van der Waals surface area contributed by atoms with E-state index in [1.54, 1.807) is 19.1 Å². The van der Waals surface area contributed by atoms with Crippen molar-refractivity contribution in [1.82, 2.24) is 4.98 Å². The Kier molecular flexibility index (Phi) is 2.75. The number of aliphatic hydroxyl groups excluding tert-OH is 1. The van der Waals surface area contributed by atoms with Gasteiger partial charge in [0.05, 0.1) is 6.10 Å². The summed E-state index contributed by atoms with van der Waals surface area (Å²) in [6.07, 6.45) is 0.822. The topological polar surface area (TPSA) is 46.3 Å². The molecule has 78 valence electrons. The molecule has 0 bridgehead atoms. The highest BCUT2D eigenvalue weighted by atomic mass is 35.5. The molecule has 0 radical (unpaired) electrons. The van der Waals surface area contributed by atoms with Crippen molar-refractivity contribution in [1.29, 1.82) is 0 Å². The molecule has 2 rings (SSSR count). The summed E-state index contributed by atoms with van der Waals surface area (Å²) < 4.78 is 5.24. The largest absolute Gasteiger partial charge is 0.444 e. The van der Waals surface area contributed by atoms with Gasteiger partial charge < -0.3 is 9.52 Å². The van der Waals surface area contributed by atoms with Crippen LogP contribution in [0, 0.1) is 0 Å². The smallest absolute Gasteiger partial charge is 0.226 e. The van der Waals surface area contributed by atoms with Crippen LogP contribution in [0.25, 0.3) is 11.5 Å². The van der Waals surface area contributed by atoms with Crippen LogP contribution in [0.5, 0.6) is 0 Å². The number of oxazole rings is 1. The van der Waals surface area contributed by atoms with E-state index in [4.69, 9.17) is 16.0 Å². The summed E-state index contributed by atoms with van der Waals surface area (Å²) in [6, 6.07) is 7.22. The van der Waals surface area contributed by atoms with Crippen molar-refractivity contribution in [2.45, 2.75) is 13.0 Å². The van der Waals surface area contributed by atoms with Crippen LogP contribution < -0.4 is 0 Å². The minimum Gasteiger partial charge on any atom is -0.444 e. The van der Waals surface area contributed by atoms with Crippen molar-refractivity contribution >= 4 is 11.6 Å². The van der Waals surface area contributed by atoms with Crippen LogP contribution in [0.3, 0.4) is 0 Å². The number of hydrogen-bond acceptors (Lipinski definition) is 3. The molecule has 3 nitrogen and oxygen atoms in total. The Morgan fingerprint density at radius 3 is 2.87 bits per heavy atom. The first-order valence-electron chi connectivity index (χ1n) is 4.56. The minimum atomic E-state index is -0.623. The molecule has 0 fully saturated rings. The van der Waals surface area contributed by atoms with Crippen LogP contribution in [0.2, 0.25) is 5.02 Å². The predicted octanol–water partition coefficient (Wildman–Crippen LogP) is 3.05. The molecule has 0 aliphatic heterocycles. The van der Waals surface area contributed by atoms with E-state index in [0.29, 0.717) is 16.6 Å². The first kappa shape index (κ1) is 10.2. The highest BCUT2D eigenvalue weighted by Gasteiger charge is 2.10. The molecule has 2 aromatic rings. The molecule has 0 aliphatic carbocycles. The fraction of sp³-hybridized carbons (Fsp3) is 0.182. The normalized spacial score (nSPS) is 12.7. The van der Waals surface area contributed by atoms with Crippen molar-refractivity contribution in [3.8, 4) is 11.5 Å². The van der Waals surface area contributed by atoms with Gasteiger partial charge in [-0.15, -0.1) is 0 Å². The molecule has 15 heavy (non-hydrogen) atoms. The number of hydrogen-bond donors (Lipinski definition) is 1. The summed E-state index contributed by atoms with van der Waals surface area (Å²) >= 11 is 5.85. The first-order valence-corrected chi connectivity index (χ1v) is 4.94. The zero-order valence-electron chi connectivity index (χ0n) is 8.14. The second-order valence-corrected chi connectivity index (χ2v) is 3.70. The highest BCUT2D eigenvalue weighted by molar-refractivity contribution is 6.30. The van der Waals surface area contributed by atoms with E-state index in [1.807, 2.05) is 12.1 Å². The van der Waals surface area contributed by atoms with Gasteiger partial charge in [-0.1, -0.05) is 17.7 Å². The second-order valence-electron chi connectivity index (χ2n) is 3.26. The number of aliphatic hydroxyl groups is 1. The number of aromatic nitrogens is 1. The Morgan fingerprint density at radius 1 is 1.47 bits per heavy atom. The Hall–Kier alpha value is -1.32.